The number of hydrogen-bond donors (Lipinski definition) is 2. The first kappa shape index (κ1) is 16.3. The largest absolute Gasteiger partial charge is 0.455 e. The lowest BCUT2D eigenvalue weighted by Gasteiger charge is -2.14. The van der Waals surface area contributed by atoms with Crippen molar-refractivity contribution in [2.24, 2.45) is 0 Å². The van der Waals surface area contributed by atoms with Crippen molar-refractivity contribution in [1.29, 1.82) is 0 Å². The highest BCUT2D eigenvalue weighted by Gasteiger charge is 2.06. The van der Waals surface area contributed by atoms with Gasteiger partial charge in [-0.25, -0.2) is 0 Å². The van der Waals surface area contributed by atoms with Crippen molar-refractivity contribution in [1.82, 2.24) is 0 Å². The van der Waals surface area contributed by atoms with Gasteiger partial charge < -0.3 is 15.4 Å². The summed E-state index contributed by atoms with van der Waals surface area (Å²) in [6, 6.07) is 24.6. The van der Waals surface area contributed by atoms with E-state index in [4.69, 9.17) is 28.6 Å². The Morgan fingerprint density at radius 1 is 0.792 bits per heavy atom. The second kappa shape index (κ2) is 7.81. The summed E-state index contributed by atoms with van der Waals surface area (Å²) < 4.78 is 5.91. The van der Waals surface area contributed by atoms with Gasteiger partial charge in [0.1, 0.15) is 5.75 Å². The van der Waals surface area contributed by atoms with E-state index in [0.29, 0.717) is 15.9 Å². The predicted octanol–water partition coefficient (Wildman–Crippen LogP) is 5.94. The summed E-state index contributed by atoms with van der Waals surface area (Å²) >= 11 is 11.2. The molecule has 0 radical (unpaired) electrons. The lowest BCUT2D eigenvalue weighted by atomic mass is 10.3. The van der Waals surface area contributed by atoms with Gasteiger partial charge in [-0.05, 0) is 60.7 Å². The third-order valence-corrected chi connectivity index (χ3v) is 3.66. The second-order valence-electron chi connectivity index (χ2n) is 5.00. The number of hydrogen-bond acceptors (Lipinski definition) is 2. The van der Waals surface area contributed by atoms with E-state index in [2.05, 4.69) is 10.6 Å². The van der Waals surface area contributed by atoms with Gasteiger partial charge in [0.05, 0.1) is 5.69 Å². The van der Waals surface area contributed by atoms with Crippen molar-refractivity contribution in [3.63, 3.8) is 0 Å². The van der Waals surface area contributed by atoms with E-state index < -0.39 is 0 Å². The minimum absolute atomic E-state index is 0.474. The van der Waals surface area contributed by atoms with Crippen LogP contribution in [0.3, 0.4) is 0 Å². The van der Waals surface area contributed by atoms with Gasteiger partial charge in [0.25, 0.3) is 0 Å². The molecule has 3 rings (SSSR count). The zero-order valence-electron chi connectivity index (χ0n) is 12.7. The molecule has 3 aromatic carbocycles. The second-order valence-corrected chi connectivity index (χ2v) is 5.84. The van der Waals surface area contributed by atoms with Crippen molar-refractivity contribution in [2.75, 3.05) is 10.6 Å². The molecule has 3 aromatic rings. The smallest absolute Gasteiger partial charge is 0.175 e. The molecule has 0 aromatic heterocycles. The van der Waals surface area contributed by atoms with Crippen LogP contribution in [0.5, 0.6) is 11.5 Å². The van der Waals surface area contributed by atoms with Gasteiger partial charge in [-0.15, -0.1) is 0 Å². The maximum Gasteiger partial charge on any atom is 0.175 e. The number of rotatable bonds is 4. The Hall–Kier alpha value is -2.56. The molecule has 5 heteroatoms. The van der Waals surface area contributed by atoms with Crippen molar-refractivity contribution in [2.45, 2.75) is 0 Å². The average Bonchev–Trinajstić information content (AvgIpc) is 2.60. The Kier molecular flexibility index (Phi) is 5.31. The van der Waals surface area contributed by atoms with E-state index in [1.807, 2.05) is 66.7 Å². The lowest BCUT2D eigenvalue weighted by Crippen LogP contribution is -2.19. The highest BCUT2D eigenvalue weighted by atomic mass is 35.5. The number of nitrogens with one attached hydrogen (secondary N) is 2. The molecule has 0 bridgehead atoms. The van der Waals surface area contributed by atoms with E-state index in [1.165, 1.54) is 0 Å². The molecular formula is C19H15ClN2OS. The summed E-state index contributed by atoms with van der Waals surface area (Å²) in [6.07, 6.45) is 0. The molecule has 0 unspecified atom stereocenters. The number of para-hydroxylation sites is 3. The minimum Gasteiger partial charge on any atom is -0.455 e. The molecule has 0 saturated heterocycles. The van der Waals surface area contributed by atoms with Crippen LogP contribution in [-0.2, 0) is 0 Å². The maximum absolute atomic E-state index is 5.91. The first-order chi connectivity index (χ1) is 11.7. The molecule has 0 aliphatic heterocycles. The molecule has 0 saturated carbocycles. The number of thiocarbonyl (C=S) groups is 1. The van der Waals surface area contributed by atoms with Gasteiger partial charge in [0.2, 0.25) is 0 Å². The van der Waals surface area contributed by atoms with E-state index in [-0.39, 0.29) is 0 Å². The van der Waals surface area contributed by atoms with Gasteiger partial charge in [0.15, 0.2) is 10.9 Å². The Morgan fingerprint density at radius 2 is 1.46 bits per heavy atom. The topological polar surface area (TPSA) is 33.3 Å². The van der Waals surface area contributed by atoms with Crippen molar-refractivity contribution in [3.05, 3.63) is 83.9 Å². The fraction of sp³-hybridized carbons (Fsp3) is 0. The van der Waals surface area contributed by atoms with Gasteiger partial charge in [-0.3, -0.25) is 0 Å². The van der Waals surface area contributed by atoms with E-state index in [9.17, 15) is 0 Å². The molecule has 0 amide bonds. The van der Waals surface area contributed by atoms with Crippen LogP contribution in [0.1, 0.15) is 0 Å². The van der Waals surface area contributed by atoms with Gasteiger partial charge in [-0.1, -0.05) is 41.9 Å². The Labute approximate surface area is 151 Å². The third kappa shape index (κ3) is 4.47. The Morgan fingerprint density at radius 3 is 2.21 bits per heavy atom. The zero-order chi connectivity index (χ0) is 16.8. The van der Waals surface area contributed by atoms with Gasteiger partial charge in [-0.2, -0.15) is 0 Å². The van der Waals surface area contributed by atoms with Crippen LogP contribution < -0.4 is 15.4 Å². The van der Waals surface area contributed by atoms with E-state index in [0.717, 1.165) is 17.1 Å². The van der Waals surface area contributed by atoms with Crippen LogP contribution in [0.15, 0.2) is 78.9 Å². The molecule has 0 spiro atoms. The third-order valence-electron chi connectivity index (χ3n) is 3.21. The molecule has 0 heterocycles. The number of benzene rings is 3. The number of anilines is 2. The highest BCUT2D eigenvalue weighted by Crippen LogP contribution is 2.29. The fourth-order valence-corrected chi connectivity index (χ4v) is 2.45. The molecule has 0 aliphatic rings. The first-order valence-electron chi connectivity index (χ1n) is 7.36. The summed E-state index contributed by atoms with van der Waals surface area (Å²) in [5.74, 6) is 1.47. The molecule has 120 valence electrons. The van der Waals surface area contributed by atoms with Crippen molar-refractivity contribution >= 4 is 40.3 Å². The molecular weight excluding hydrogens is 340 g/mol. The molecule has 0 atom stereocenters. The molecule has 0 fully saturated rings. The van der Waals surface area contributed by atoms with Gasteiger partial charge in [0, 0.05) is 10.7 Å². The molecule has 3 nitrogen and oxygen atoms in total. The predicted molar refractivity (Wildman–Crippen MR) is 104 cm³/mol. The maximum atomic E-state index is 5.91. The lowest BCUT2D eigenvalue weighted by molar-refractivity contribution is 0.485. The number of ether oxygens (including phenoxy) is 1. The quantitative estimate of drug-likeness (QED) is 0.568. The summed E-state index contributed by atoms with van der Waals surface area (Å²) in [7, 11) is 0. The van der Waals surface area contributed by atoms with Crippen molar-refractivity contribution in [3.8, 4) is 11.5 Å². The normalized spacial score (nSPS) is 10.0. The average molecular weight is 355 g/mol. The summed E-state index contributed by atoms with van der Waals surface area (Å²) in [5.41, 5.74) is 1.64. The van der Waals surface area contributed by atoms with Crippen LogP contribution in [0.2, 0.25) is 5.02 Å². The Balaban J connectivity index is 1.70. The van der Waals surface area contributed by atoms with Crippen LogP contribution >= 0.6 is 23.8 Å². The SMILES string of the molecule is S=C(Nc1ccc(Cl)cc1)Nc1ccccc1Oc1ccccc1. The first-order valence-corrected chi connectivity index (χ1v) is 8.15. The van der Waals surface area contributed by atoms with Crippen LogP contribution in [0.4, 0.5) is 11.4 Å². The fourth-order valence-electron chi connectivity index (χ4n) is 2.09. The molecule has 2 N–H and O–H groups in total. The van der Waals surface area contributed by atoms with Crippen LogP contribution in [0, 0.1) is 0 Å². The van der Waals surface area contributed by atoms with Crippen molar-refractivity contribution < 1.29 is 4.74 Å². The van der Waals surface area contributed by atoms with Gasteiger partial charge >= 0.3 is 0 Å². The summed E-state index contributed by atoms with van der Waals surface area (Å²) in [4.78, 5) is 0. The highest BCUT2D eigenvalue weighted by molar-refractivity contribution is 7.80. The molecule has 0 aliphatic carbocycles. The van der Waals surface area contributed by atoms with Crippen LogP contribution in [-0.4, -0.2) is 5.11 Å². The minimum atomic E-state index is 0.474. The number of halogens is 1. The molecule has 24 heavy (non-hydrogen) atoms. The Bertz CT molecular complexity index is 822. The summed E-state index contributed by atoms with van der Waals surface area (Å²) in [6.45, 7) is 0. The zero-order valence-corrected chi connectivity index (χ0v) is 14.3. The van der Waals surface area contributed by atoms with Crippen LogP contribution in [0.25, 0.3) is 0 Å². The summed E-state index contributed by atoms with van der Waals surface area (Å²) in [5, 5.41) is 7.43. The van der Waals surface area contributed by atoms with E-state index >= 15 is 0 Å². The standard InChI is InChI=1S/C19H15ClN2OS/c20-14-10-12-15(13-11-14)21-19(24)22-17-8-4-5-9-18(17)23-16-6-2-1-3-7-16/h1-13H,(H2,21,22,24). The van der Waals surface area contributed by atoms with E-state index in [1.54, 1.807) is 12.1 Å². The monoisotopic (exact) mass is 354 g/mol.